The molecule has 4 N–H and O–H groups in total. The van der Waals surface area contributed by atoms with Gasteiger partial charge in [-0.05, 0) is 31.4 Å². The maximum absolute atomic E-state index is 9.94. The smallest absolute Gasteiger partial charge is 0.141 e. The molecule has 1 saturated heterocycles. The van der Waals surface area contributed by atoms with Gasteiger partial charge in [-0.1, -0.05) is 6.07 Å². The summed E-state index contributed by atoms with van der Waals surface area (Å²) in [5.41, 5.74) is 1.05. The van der Waals surface area contributed by atoms with Gasteiger partial charge in [0.25, 0.3) is 0 Å². The van der Waals surface area contributed by atoms with Crippen LogP contribution in [-0.4, -0.2) is 55.2 Å². The van der Waals surface area contributed by atoms with Crippen LogP contribution >= 0.6 is 0 Å². The minimum absolute atomic E-state index is 0.0942. The van der Waals surface area contributed by atoms with Gasteiger partial charge in [0.05, 0.1) is 12.1 Å². The number of aliphatic hydroxyl groups is 4. The molecule has 1 aromatic rings. The van der Waals surface area contributed by atoms with E-state index in [1.54, 1.807) is 12.4 Å². The summed E-state index contributed by atoms with van der Waals surface area (Å²) in [5, 5.41) is 38.6. The average molecular weight is 294 g/mol. The zero-order valence-electron chi connectivity index (χ0n) is 12.0. The number of hydrogen-bond acceptors (Lipinski definition) is 6. The van der Waals surface area contributed by atoms with Crippen molar-refractivity contribution >= 4 is 0 Å². The molecule has 0 radical (unpaired) electrons. The number of pyridine rings is 1. The molecule has 2 heterocycles. The molecule has 1 aliphatic rings. The molecule has 1 fully saturated rings. The van der Waals surface area contributed by atoms with Crippen LogP contribution in [0.3, 0.4) is 0 Å². The lowest BCUT2D eigenvalue weighted by molar-refractivity contribution is -0.0508. The standard InChI is InChI=1S/C15H22N2O4/c1-10(18)14(20)15(21)13(19)9-17-7-3-5-12(17)11-4-2-6-16-8-11/h2,4,6,8-10,12,14-15,18-21H,3,5,7H2,1H3/b13-9-. The van der Waals surface area contributed by atoms with E-state index >= 15 is 0 Å². The quantitative estimate of drug-likeness (QED) is 0.598. The van der Waals surface area contributed by atoms with Gasteiger partial charge in [0, 0.05) is 25.1 Å². The highest BCUT2D eigenvalue weighted by molar-refractivity contribution is 5.17. The Hall–Kier alpha value is -1.63. The fourth-order valence-electron chi connectivity index (χ4n) is 2.56. The summed E-state index contributed by atoms with van der Waals surface area (Å²) < 4.78 is 0. The van der Waals surface area contributed by atoms with Crippen molar-refractivity contribution in [3.05, 3.63) is 42.0 Å². The van der Waals surface area contributed by atoms with Crippen molar-refractivity contribution in [3.8, 4) is 0 Å². The van der Waals surface area contributed by atoms with E-state index in [0.717, 1.165) is 24.9 Å². The molecule has 6 heteroatoms. The van der Waals surface area contributed by atoms with E-state index in [2.05, 4.69) is 4.98 Å². The summed E-state index contributed by atoms with van der Waals surface area (Å²) >= 11 is 0. The summed E-state index contributed by atoms with van der Waals surface area (Å²) in [6.45, 7) is 2.11. The van der Waals surface area contributed by atoms with E-state index in [-0.39, 0.29) is 11.8 Å². The van der Waals surface area contributed by atoms with Crippen molar-refractivity contribution in [1.82, 2.24) is 9.88 Å². The van der Waals surface area contributed by atoms with Gasteiger partial charge in [-0.15, -0.1) is 0 Å². The zero-order valence-corrected chi connectivity index (χ0v) is 12.0. The third-order valence-electron chi connectivity index (χ3n) is 3.78. The monoisotopic (exact) mass is 294 g/mol. The Morgan fingerprint density at radius 1 is 1.43 bits per heavy atom. The van der Waals surface area contributed by atoms with Crippen molar-refractivity contribution in [2.24, 2.45) is 0 Å². The van der Waals surface area contributed by atoms with Crippen molar-refractivity contribution in [3.63, 3.8) is 0 Å². The van der Waals surface area contributed by atoms with Crippen LogP contribution in [0.5, 0.6) is 0 Å². The normalized spacial score (nSPS) is 23.9. The van der Waals surface area contributed by atoms with Crippen LogP contribution in [-0.2, 0) is 0 Å². The summed E-state index contributed by atoms with van der Waals surface area (Å²) in [6.07, 6.45) is 2.81. The maximum Gasteiger partial charge on any atom is 0.141 e. The zero-order chi connectivity index (χ0) is 15.4. The van der Waals surface area contributed by atoms with Gasteiger partial charge < -0.3 is 25.3 Å². The Kier molecular flexibility index (Phi) is 5.17. The highest BCUT2D eigenvalue weighted by Crippen LogP contribution is 2.32. The second-order valence-corrected chi connectivity index (χ2v) is 5.41. The van der Waals surface area contributed by atoms with Crippen molar-refractivity contribution in [1.29, 1.82) is 0 Å². The first kappa shape index (κ1) is 15.8. The van der Waals surface area contributed by atoms with E-state index in [1.807, 2.05) is 17.0 Å². The highest BCUT2D eigenvalue weighted by Gasteiger charge is 2.28. The summed E-state index contributed by atoms with van der Waals surface area (Å²) in [5.74, 6) is -0.348. The molecule has 0 saturated carbocycles. The number of rotatable bonds is 5. The van der Waals surface area contributed by atoms with Gasteiger partial charge in [-0.25, -0.2) is 0 Å². The topological polar surface area (TPSA) is 97.0 Å². The molecule has 0 amide bonds. The van der Waals surface area contributed by atoms with Gasteiger partial charge >= 0.3 is 0 Å². The SMILES string of the molecule is CC(O)C(O)C(O)/C(O)=C/N1CCCC1c1cccnc1. The first-order chi connectivity index (χ1) is 10.0. The maximum atomic E-state index is 9.94. The largest absolute Gasteiger partial charge is 0.508 e. The number of likely N-dealkylation sites (tertiary alicyclic amines) is 1. The van der Waals surface area contributed by atoms with Gasteiger partial charge in [0.2, 0.25) is 0 Å². The van der Waals surface area contributed by atoms with Crippen molar-refractivity contribution < 1.29 is 20.4 Å². The fraction of sp³-hybridized carbons (Fsp3) is 0.533. The van der Waals surface area contributed by atoms with Gasteiger partial charge in [0.15, 0.2) is 0 Å². The molecule has 4 unspecified atom stereocenters. The molecule has 4 atom stereocenters. The Bertz CT molecular complexity index is 478. The van der Waals surface area contributed by atoms with Gasteiger partial charge in [0.1, 0.15) is 18.0 Å². The molecule has 1 aromatic heterocycles. The van der Waals surface area contributed by atoms with E-state index < -0.39 is 18.3 Å². The fourth-order valence-corrected chi connectivity index (χ4v) is 2.56. The average Bonchev–Trinajstić information content (AvgIpc) is 2.94. The second kappa shape index (κ2) is 6.89. The van der Waals surface area contributed by atoms with Crippen LogP contribution in [0.4, 0.5) is 0 Å². The number of aliphatic hydroxyl groups excluding tert-OH is 4. The number of nitrogens with zero attached hydrogens (tertiary/aromatic N) is 2. The minimum Gasteiger partial charge on any atom is -0.508 e. The van der Waals surface area contributed by atoms with Gasteiger partial charge in [-0.3, -0.25) is 4.98 Å². The van der Waals surface area contributed by atoms with Crippen LogP contribution in [0.1, 0.15) is 31.4 Å². The minimum atomic E-state index is -1.50. The molecule has 21 heavy (non-hydrogen) atoms. The van der Waals surface area contributed by atoms with Gasteiger partial charge in [-0.2, -0.15) is 0 Å². The molecule has 116 valence electrons. The Morgan fingerprint density at radius 2 is 2.19 bits per heavy atom. The molecular formula is C15H22N2O4. The molecule has 0 spiro atoms. The molecule has 6 nitrogen and oxygen atoms in total. The third-order valence-corrected chi connectivity index (χ3v) is 3.78. The molecule has 0 bridgehead atoms. The number of aromatic nitrogens is 1. The first-order valence-electron chi connectivity index (χ1n) is 7.11. The van der Waals surface area contributed by atoms with E-state index in [0.29, 0.717) is 0 Å². The van der Waals surface area contributed by atoms with Crippen LogP contribution < -0.4 is 0 Å². The Labute approximate surface area is 124 Å². The predicted molar refractivity (Wildman–Crippen MR) is 77.3 cm³/mol. The van der Waals surface area contributed by atoms with Crippen LogP contribution in [0.25, 0.3) is 0 Å². The summed E-state index contributed by atoms with van der Waals surface area (Å²) in [6, 6.07) is 3.93. The summed E-state index contributed by atoms with van der Waals surface area (Å²) in [4.78, 5) is 6.02. The number of hydrogen-bond donors (Lipinski definition) is 4. The van der Waals surface area contributed by atoms with Crippen molar-refractivity contribution in [2.75, 3.05) is 6.54 Å². The molecule has 1 aliphatic heterocycles. The molecule has 2 rings (SSSR count). The Morgan fingerprint density at radius 3 is 2.81 bits per heavy atom. The lowest BCUT2D eigenvalue weighted by atomic mass is 10.1. The van der Waals surface area contributed by atoms with E-state index in [9.17, 15) is 20.4 Å². The first-order valence-corrected chi connectivity index (χ1v) is 7.11. The highest BCUT2D eigenvalue weighted by atomic mass is 16.4. The van der Waals surface area contributed by atoms with E-state index in [1.165, 1.54) is 13.1 Å². The van der Waals surface area contributed by atoms with Crippen LogP contribution in [0, 0.1) is 0 Å². The third kappa shape index (κ3) is 3.72. The lowest BCUT2D eigenvalue weighted by Gasteiger charge is -2.25. The summed E-state index contributed by atoms with van der Waals surface area (Å²) in [7, 11) is 0. The van der Waals surface area contributed by atoms with Crippen LogP contribution in [0.15, 0.2) is 36.5 Å². The molecule has 0 aliphatic carbocycles. The predicted octanol–water partition coefficient (Wildman–Crippen LogP) is 0.720. The Balaban J connectivity index is 2.11. The van der Waals surface area contributed by atoms with E-state index in [4.69, 9.17) is 0 Å². The second-order valence-electron chi connectivity index (χ2n) is 5.41. The molecule has 0 aromatic carbocycles. The van der Waals surface area contributed by atoms with Crippen molar-refractivity contribution in [2.45, 2.75) is 44.1 Å². The van der Waals surface area contributed by atoms with Crippen LogP contribution in [0.2, 0.25) is 0 Å². The lowest BCUT2D eigenvalue weighted by Crippen LogP contribution is -2.37. The molecular weight excluding hydrogens is 272 g/mol.